The Hall–Kier alpha value is -3.17. The highest BCUT2D eigenvalue weighted by molar-refractivity contribution is 5.91. The van der Waals surface area contributed by atoms with E-state index in [-0.39, 0.29) is 30.1 Å². The van der Waals surface area contributed by atoms with Crippen LogP contribution < -0.4 is 15.8 Å². The maximum Gasteiger partial charge on any atom is 0.223 e. The molecule has 0 unspecified atom stereocenters. The fraction of sp³-hybridized carbons (Fsp3) is 0.381. The second-order valence-electron chi connectivity index (χ2n) is 7.39. The van der Waals surface area contributed by atoms with Crippen LogP contribution >= 0.6 is 0 Å². The Kier molecular flexibility index (Phi) is 7.09. The fourth-order valence-electron chi connectivity index (χ4n) is 3.44. The Bertz CT molecular complexity index is 937. The summed E-state index contributed by atoms with van der Waals surface area (Å²) >= 11 is 0. The number of benzene rings is 1. The van der Waals surface area contributed by atoms with Crippen molar-refractivity contribution >= 4 is 17.5 Å². The van der Waals surface area contributed by atoms with E-state index in [2.05, 4.69) is 10.3 Å². The number of hydrogen-bond acceptors (Lipinski definition) is 5. The molecule has 2 aromatic rings. The van der Waals surface area contributed by atoms with Crippen LogP contribution in [0.1, 0.15) is 31.2 Å². The summed E-state index contributed by atoms with van der Waals surface area (Å²) in [5.74, 6) is -9.14. The third-order valence-corrected chi connectivity index (χ3v) is 5.15. The number of carbonyl (C=O) groups is 2. The molecule has 3 rings (SSSR count). The fourth-order valence-corrected chi connectivity index (χ4v) is 3.44. The van der Waals surface area contributed by atoms with Gasteiger partial charge in [-0.15, -0.1) is 0 Å². The Morgan fingerprint density at radius 1 is 1.13 bits per heavy atom. The maximum absolute atomic E-state index is 13.8. The van der Waals surface area contributed by atoms with Gasteiger partial charge in [0, 0.05) is 24.6 Å². The number of nitrogens with zero attached hydrogens (tertiary/aromatic N) is 1. The molecular formula is C21H21F4N3O3. The Labute approximate surface area is 175 Å². The zero-order valence-electron chi connectivity index (χ0n) is 16.5. The van der Waals surface area contributed by atoms with Crippen molar-refractivity contribution in [2.45, 2.75) is 38.1 Å². The van der Waals surface area contributed by atoms with Gasteiger partial charge in [-0.25, -0.2) is 13.8 Å². The normalized spacial score (nSPS) is 15.0. The van der Waals surface area contributed by atoms with Gasteiger partial charge in [0.1, 0.15) is 12.4 Å². The van der Waals surface area contributed by atoms with Crippen LogP contribution in [0, 0.1) is 29.2 Å². The lowest BCUT2D eigenvalue weighted by molar-refractivity contribution is -0.131. The number of ketones is 1. The van der Waals surface area contributed by atoms with Gasteiger partial charge in [-0.2, -0.15) is 8.78 Å². The minimum atomic E-state index is -1.75. The van der Waals surface area contributed by atoms with Gasteiger partial charge < -0.3 is 15.8 Å². The number of aromatic nitrogens is 1. The van der Waals surface area contributed by atoms with Crippen molar-refractivity contribution in [3.8, 4) is 5.75 Å². The monoisotopic (exact) mass is 439 g/mol. The van der Waals surface area contributed by atoms with Crippen LogP contribution in [-0.4, -0.2) is 29.3 Å². The van der Waals surface area contributed by atoms with Crippen LogP contribution in [0.25, 0.3) is 0 Å². The molecule has 1 heterocycles. The quantitative estimate of drug-likeness (QED) is 0.487. The molecule has 1 aliphatic rings. The molecule has 3 N–H and O–H groups in total. The molecule has 6 nitrogen and oxygen atoms in total. The van der Waals surface area contributed by atoms with E-state index in [1.54, 1.807) is 6.07 Å². The number of rotatable bonds is 8. The average Bonchev–Trinajstić information content (AvgIpc) is 3.28. The highest BCUT2D eigenvalue weighted by atomic mass is 19.2. The molecule has 1 atom stereocenters. The van der Waals surface area contributed by atoms with E-state index in [1.807, 2.05) is 0 Å². The zero-order chi connectivity index (χ0) is 22.5. The number of Topliss-reactive ketones (excluding diaryl/α,β-unsaturated/α-hetero) is 1. The number of nitrogen functional groups attached to an aromatic ring is 1. The van der Waals surface area contributed by atoms with Crippen LogP contribution in [0.15, 0.2) is 24.4 Å². The molecule has 10 heteroatoms. The van der Waals surface area contributed by atoms with E-state index in [4.69, 9.17) is 10.5 Å². The molecule has 0 spiro atoms. The van der Waals surface area contributed by atoms with E-state index in [1.165, 1.54) is 12.3 Å². The summed E-state index contributed by atoms with van der Waals surface area (Å²) in [4.78, 5) is 29.2. The lowest BCUT2D eigenvalue weighted by Gasteiger charge is -2.20. The predicted molar refractivity (Wildman–Crippen MR) is 103 cm³/mol. The highest BCUT2D eigenvalue weighted by Gasteiger charge is 2.29. The van der Waals surface area contributed by atoms with Crippen molar-refractivity contribution in [2.75, 3.05) is 12.3 Å². The van der Waals surface area contributed by atoms with E-state index in [9.17, 15) is 27.2 Å². The molecule has 31 heavy (non-hydrogen) atoms. The van der Waals surface area contributed by atoms with Gasteiger partial charge in [0.15, 0.2) is 23.2 Å². The molecule has 0 saturated heterocycles. The van der Waals surface area contributed by atoms with E-state index in [0.29, 0.717) is 18.4 Å². The van der Waals surface area contributed by atoms with E-state index in [0.717, 1.165) is 12.8 Å². The van der Waals surface area contributed by atoms with Crippen molar-refractivity contribution < 1.29 is 31.9 Å². The highest BCUT2D eigenvalue weighted by Crippen LogP contribution is 2.27. The summed E-state index contributed by atoms with van der Waals surface area (Å²) in [5, 5.41) is 2.65. The van der Waals surface area contributed by atoms with Crippen LogP contribution in [0.3, 0.4) is 0 Å². The number of ether oxygens (including phenoxy) is 1. The molecule has 0 bridgehead atoms. The number of anilines is 1. The molecule has 0 aliphatic heterocycles. The van der Waals surface area contributed by atoms with Crippen molar-refractivity contribution in [1.82, 2.24) is 10.3 Å². The van der Waals surface area contributed by atoms with E-state index >= 15 is 0 Å². The topological polar surface area (TPSA) is 94.3 Å². The first-order valence-corrected chi connectivity index (χ1v) is 9.75. The maximum atomic E-state index is 13.8. The summed E-state index contributed by atoms with van der Waals surface area (Å²) < 4.78 is 59.0. The summed E-state index contributed by atoms with van der Waals surface area (Å²) in [6.45, 7) is -0.908. The number of nitrogens with two attached hydrogens (primary N) is 1. The van der Waals surface area contributed by atoms with Crippen molar-refractivity contribution in [3.63, 3.8) is 0 Å². The molecule has 166 valence electrons. The third kappa shape index (κ3) is 5.50. The first-order valence-electron chi connectivity index (χ1n) is 9.75. The largest absolute Gasteiger partial charge is 0.479 e. The van der Waals surface area contributed by atoms with Crippen molar-refractivity contribution in [2.24, 2.45) is 5.92 Å². The Balaban J connectivity index is 1.75. The van der Waals surface area contributed by atoms with Gasteiger partial charge in [0.2, 0.25) is 17.5 Å². The van der Waals surface area contributed by atoms with Crippen LogP contribution in [0.5, 0.6) is 5.75 Å². The number of nitrogens with one attached hydrogen (secondary N) is 1. The number of pyridine rings is 1. The first kappa shape index (κ1) is 22.5. The molecule has 1 fully saturated rings. The van der Waals surface area contributed by atoms with E-state index < -0.39 is 47.5 Å². The Morgan fingerprint density at radius 2 is 1.77 bits per heavy atom. The van der Waals surface area contributed by atoms with Crippen LogP contribution in [0.2, 0.25) is 0 Å². The van der Waals surface area contributed by atoms with Gasteiger partial charge in [-0.1, -0.05) is 18.9 Å². The number of amides is 1. The van der Waals surface area contributed by atoms with Crippen LogP contribution in [-0.2, 0) is 16.0 Å². The molecule has 1 aromatic carbocycles. The van der Waals surface area contributed by atoms with Gasteiger partial charge in [-0.05, 0) is 24.5 Å². The van der Waals surface area contributed by atoms with Crippen LogP contribution in [0.4, 0.5) is 23.4 Å². The molecule has 0 radical (unpaired) electrons. The SMILES string of the molecule is Nc1ccc(C[C@@H](NC(=O)C2CCCC2)C(=O)COc2c(F)c(F)cc(F)c2F)cn1. The summed E-state index contributed by atoms with van der Waals surface area (Å²) in [6.07, 6.45) is 4.67. The first-order chi connectivity index (χ1) is 14.8. The molecule has 1 amide bonds. The minimum absolute atomic E-state index is 0.0242. The second-order valence-corrected chi connectivity index (χ2v) is 7.39. The summed E-state index contributed by atoms with van der Waals surface area (Å²) in [7, 11) is 0. The van der Waals surface area contributed by atoms with Crippen molar-refractivity contribution in [1.29, 1.82) is 0 Å². The van der Waals surface area contributed by atoms with Gasteiger partial charge in [0.05, 0.1) is 6.04 Å². The summed E-state index contributed by atoms with van der Waals surface area (Å²) in [6, 6.07) is 2.08. The molecular weight excluding hydrogens is 418 g/mol. The minimum Gasteiger partial charge on any atom is -0.479 e. The lowest BCUT2D eigenvalue weighted by atomic mass is 10.0. The lowest BCUT2D eigenvalue weighted by Crippen LogP contribution is -2.46. The molecule has 1 aliphatic carbocycles. The number of carbonyl (C=O) groups excluding carboxylic acids is 2. The third-order valence-electron chi connectivity index (χ3n) is 5.15. The van der Waals surface area contributed by atoms with Gasteiger partial charge in [0.25, 0.3) is 0 Å². The number of halogens is 4. The predicted octanol–water partition coefficient (Wildman–Crippen LogP) is 3.09. The van der Waals surface area contributed by atoms with Gasteiger partial charge in [-0.3, -0.25) is 9.59 Å². The molecule has 1 saturated carbocycles. The van der Waals surface area contributed by atoms with Crippen molar-refractivity contribution in [3.05, 3.63) is 53.2 Å². The zero-order valence-corrected chi connectivity index (χ0v) is 16.5. The van der Waals surface area contributed by atoms with Gasteiger partial charge >= 0.3 is 0 Å². The summed E-state index contributed by atoms with van der Waals surface area (Å²) in [5.41, 5.74) is 6.12. The smallest absolute Gasteiger partial charge is 0.223 e. The second kappa shape index (κ2) is 9.76. The molecule has 1 aromatic heterocycles. The standard InChI is InChI=1S/C21H21F4N3O3/c22-13-8-14(23)19(25)20(18(13)24)31-10-16(29)15(7-11-5-6-17(26)27-9-11)28-21(30)12-3-1-2-4-12/h5-6,8-9,12,15H,1-4,7,10H2,(H2,26,27)(H,28,30)/t15-/m1/s1. The Morgan fingerprint density at radius 3 is 2.35 bits per heavy atom. The number of hydrogen-bond donors (Lipinski definition) is 2. The average molecular weight is 439 g/mol.